The van der Waals surface area contributed by atoms with Gasteiger partial charge in [0.1, 0.15) is 5.75 Å². The van der Waals surface area contributed by atoms with E-state index in [9.17, 15) is 10.2 Å². The van der Waals surface area contributed by atoms with E-state index in [1.165, 1.54) is 11.1 Å². The van der Waals surface area contributed by atoms with Crippen LogP contribution in [0.4, 0.5) is 0 Å². The Morgan fingerprint density at radius 3 is 2.45 bits per heavy atom. The summed E-state index contributed by atoms with van der Waals surface area (Å²) in [5.41, 5.74) is 4.01. The first-order chi connectivity index (χ1) is 10.2. The molecule has 1 saturated carbocycles. The number of hydrogen-bond donors (Lipinski definition) is 2. The number of rotatable bonds is 1. The topological polar surface area (TPSA) is 40.5 Å². The highest BCUT2D eigenvalue weighted by Crippen LogP contribution is 2.58. The number of aliphatic hydroxyl groups excluding tert-OH is 1. The van der Waals surface area contributed by atoms with Crippen LogP contribution < -0.4 is 0 Å². The number of phenolic OH excluding ortho intramolecular Hbond substituents is 1. The van der Waals surface area contributed by atoms with Gasteiger partial charge in [-0.2, -0.15) is 0 Å². The molecule has 1 aromatic carbocycles. The minimum absolute atomic E-state index is 0.0411. The van der Waals surface area contributed by atoms with Gasteiger partial charge < -0.3 is 10.2 Å². The van der Waals surface area contributed by atoms with Crippen LogP contribution >= 0.6 is 0 Å². The Labute approximate surface area is 134 Å². The summed E-state index contributed by atoms with van der Waals surface area (Å²) in [6, 6.07) is 4.04. The van der Waals surface area contributed by atoms with E-state index in [1.54, 1.807) is 0 Å². The maximum absolute atomic E-state index is 10.5. The maximum Gasteiger partial charge on any atom is 0.119 e. The zero-order valence-corrected chi connectivity index (χ0v) is 14.6. The van der Waals surface area contributed by atoms with Crippen molar-refractivity contribution in [3.05, 3.63) is 28.8 Å². The molecule has 0 aromatic heterocycles. The molecule has 0 spiro atoms. The van der Waals surface area contributed by atoms with Gasteiger partial charge in [-0.3, -0.25) is 0 Å². The van der Waals surface area contributed by atoms with Crippen molar-refractivity contribution in [1.29, 1.82) is 0 Å². The van der Waals surface area contributed by atoms with Crippen molar-refractivity contribution in [2.45, 2.75) is 77.7 Å². The minimum Gasteiger partial charge on any atom is -0.508 e. The second kappa shape index (κ2) is 4.99. The Hall–Kier alpha value is -1.02. The number of hydrogen-bond acceptors (Lipinski definition) is 2. The monoisotopic (exact) mass is 302 g/mol. The molecule has 0 aliphatic heterocycles. The van der Waals surface area contributed by atoms with E-state index in [2.05, 4.69) is 40.7 Å². The number of fused-ring (bicyclic) bond motifs is 3. The van der Waals surface area contributed by atoms with Gasteiger partial charge in [-0.1, -0.05) is 40.7 Å². The van der Waals surface area contributed by atoms with E-state index in [1.807, 2.05) is 6.07 Å². The average molecular weight is 302 g/mol. The van der Waals surface area contributed by atoms with Crippen molar-refractivity contribution >= 4 is 0 Å². The molecule has 2 N–H and O–H groups in total. The summed E-state index contributed by atoms with van der Waals surface area (Å²) in [6.07, 6.45) is 3.84. The maximum atomic E-state index is 10.5. The molecule has 2 aliphatic rings. The molecule has 2 nitrogen and oxygen atoms in total. The number of aliphatic hydroxyl groups is 1. The van der Waals surface area contributed by atoms with Crippen molar-refractivity contribution in [2.75, 3.05) is 0 Å². The Kier molecular flexibility index (Phi) is 3.60. The summed E-state index contributed by atoms with van der Waals surface area (Å²) >= 11 is 0. The van der Waals surface area contributed by atoms with Crippen molar-refractivity contribution < 1.29 is 10.2 Å². The van der Waals surface area contributed by atoms with Crippen LogP contribution in [-0.4, -0.2) is 16.3 Å². The summed E-state index contributed by atoms with van der Waals surface area (Å²) in [5, 5.41) is 20.8. The van der Waals surface area contributed by atoms with Crippen molar-refractivity contribution in [2.24, 2.45) is 11.3 Å². The summed E-state index contributed by atoms with van der Waals surface area (Å²) in [4.78, 5) is 0. The van der Waals surface area contributed by atoms with Crippen LogP contribution in [0, 0.1) is 11.3 Å². The minimum atomic E-state index is -0.200. The van der Waals surface area contributed by atoms with E-state index in [0.29, 0.717) is 17.6 Å². The first-order valence-electron chi connectivity index (χ1n) is 8.73. The van der Waals surface area contributed by atoms with Gasteiger partial charge in [0.25, 0.3) is 0 Å². The third-order valence-electron chi connectivity index (χ3n) is 6.67. The van der Waals surface area contributed by atoms with Gasteiger partial charge in [0.2, 0.25) is 0 Å². The lowest BCUT2D eigenvalue weighted by molar-refractivity contribution is -0.0731. The second-order valence-electron chi connectivity index (χ2n) is 8.56. The molecule has 0 bridgehead atoms. The Balaban J connectivity index is 2.16. The van der Waals surface area contributed by atoms with Gasteiger partial charge in [0, 0.05) is 0 Å². The lowest BCUT2D eigenvalue weighted by Crippen LogP contribution is -2.54. The standard InChI is InChI=1S/C20H30O2/c1-12(2)18-13-6-9-16-19(3,4)17(22)10-11-20(16,5)14(13)7-8-15(18)21/h7-8,12,16-17,21-22H,6,9-11H2,1-5H3/t16-,17-,20+/m0/s1. The van der Waals surface area contributed by atoms with E-state index >= 15 is 0 Å². The van der Waals surface area contributed by atoms with Crippen molar-refractivity contribution in [3.8, 4) is 5.75 Å². The fraction of sp³-hybridized carbons (Fsp3) is 0.700. The molecule has 3 rings (SSSR count). The predicted octanol–water partition coefficient (Wildman–Crippen LogP) is 4.52. The first kappa shape index (κ1) is 15.9. The molecular weight excluding hydrogens is 272 g/mol. The highest BCUT2D eigenvalue weighted by atomic mass is 16.3. The van der Waals surface area contributed by atoms with E-state index in [4.69, 9.17) is 0 Å². The normalized spacial score (nSPS) is 33.4. The van der Waals surface area contributed by atoms with Gasteiger partial charge in [-0.25, -0.2) is 0 Å². The van der Waals surface area contributed by atoms with Gasteiger partial charge in [0.15, 0.2) is 0 Å². The molecule has 0 amide bonds. The van der Waals surface area contributed by atoms with E-state index < -0.39 is 0 Å². The fourth-order valence-corrected chi connectivity index (χ4v) is 5.44. The lowest BCUT2D eigenvalue weighted by atomic mass is 9.49. The van der Waals surface area contributed by atoms with E-state index in [0.717, 1.165) is 31.2 Å². The quantitative estimate of drug-likeness (QED) is 0.801. The molecule has 3 atom stereocenters. The van der Waals surface area contributed by atoms with Gasteiger partial charge >= 0.3 is 0 Å². The highest BCUT2D eigenvalue weighted by Gasteiger charge is 2.53. The predicted molar refractivity (Wildman–Crippen MR) is 90.4 cm³/mol. The van der Waals surface area contributed by atoms with Crippen LogP contribution in [0.1, 0.15) is 76.5 Å². The third kappa shape index (κ3) is 2.03. The molecule has 2 aliphatic carbocycles. The van der Waals surface area contributed by atoms with Crippen molar-refractivity contribution in [3.63, 3.8) is 0 Å². The lowest BCUT2D eigenvalue weighted by Gasteiger charge is -2.56. The van der Waals surface area contributed by atoms with Crippen LogP contribution in [0.5, 0.6) is 5.75 Å². The van der Waals surface area contributed by atoms with Crippen LogP contribution in [0.2, 0.25) is 0 Å². The summed E-state index contributed by atoms with van der Waals surface area (Å²) in [5.74, 6) is 1.30. The SMILES string of the molecule is CC(C)c1c(O)ccc2c1CC[C@H]1C(C)(C)[C@@H](O)CC[C@]21C. The van der Waals surface area contributed by atoms with Gasteiger partial charge in [0.05, 0.1) is 6.10 Å². The largest absolute Gasteiger partial charge is 0.508 e. The van der Waals surface area contributed by atoms with Crippen LogP contribution in [0.3, 0.4) is 0 Å². The molecule has 0 radical (unpaired) electrons. The highest BCUT2D eigenvalue weighted by molar-refractivity contribution is 5.51. The molecule has 22 heavy (non-hydrogen) atoms. The number of phenols is 1. The molecular formula is C20H30O2. The van der Waals surface area contributed by atoms with E-state index in [-0.39, 0.29) is 16.9 Å². The number of aromatic hydroxyl groups is 1. The molecule has 0 saturated heterocycles. The number of benzene rings is 1. The second-order valence-corrected chi connectivity index (χ2v) is 8.56. The van der Waals surface area contributed by atoms with Crippen molar-refractivity contribution in [1.82, 2.24) is 0 Å². The Morgan fingerprint density at radius 2 is 1.82 bits per heavy atom. The zero-order valence-electron chi connectivity index (χ0n) is 14.6. The third-order valence-corrected chi connectivity index (χ3v) is 6.67. The smallest absolute Gasteiger partial charge is 0.119 e. The molecule has 2 heteroatoms. The van der Waals surface area contributed by atoms with Gasteiger partial charge in [-0.15, -0.1) is 0 Å². The first-order valence-corrected chi connectivity index (χ1v) is 8.73. The Bertz CT molecular complexity index is 588. The van der Waals surface area contributed by atoms with Crippen LogP contribution in [0.25, 0.3) is 0 Å². The van der Waals surface area contributed by atoms with Gasteiger partial charge in [-0.05, 0) is 71.1 Å². The molecule has 0 heterocycles. The zero-order chi connectivity index (χ0) is 16.3. The Morgan fingerprint density at radius 1 is 1.14 bits per heavy atom. The molecule has 122 valence electrons. The fourth-order valence-electron chi connectivity index (χ4n) is 5.44. The summed E-state index contributed by atoms with van der Waals surface area (Å²) < 4.78 is 0. The summed E-state index contributed by atoms with van der Waals surface area (Å²) in [6.45, 7) is 11.2. The molecule has 1 fully saturated rings. The van der Waals surface area contributed by atoms with Crippen LogP contribution in [0.15, 0.2) is 12.1 Å². The molecule has 0 unspecified atom stereocenters. The van der Waals surface area contributed by atoms with Crippen LogP contribution in [-0.2, 0) is 11.8 Å². The molecule has 1 aromatic rings. The summed E-state index contributed by atoms with van der Waals surface area (Å²) in [7, 11) is 0. The average Bonchev–Trinajstić information content (AvgIpc) is 2.42.